The summed E-state index contributed by atoms with van der Waals surface area (Å²) in [7, 11) is 2.21. The Kier molecular flexibility index (Phi) is 4.28. The fraction of sp³-hybridized carbons (Fsp3) is 0.273. The Morgan fingerprint density at radius 2 is 1.79 bits per heavy atom. The first kappa shape index (κ1) is 17.3. The molecule has 5 rings (SSSR count). The van der Waals surface area contributed by atoms with Crippen LogP contribution in [0.4, 0.5) is 10.8 Å². The first-order valence-electron chi connectivity index (χ1n) is 9.64. The number of hydrogen-bond donors (Lipinski definition) is 1. The summed E-state index contributed by atoms with van der Waals surface area (Å²) in [6.07, 6.45) is 2.14. The molecule has 2 aromatic carbocycles. The first-order valence-corrected chi connectivity index (χ1v) is 10.5. The van der Waals surface area contributed by atoms with Crippen LogP contribution in [0, 0.1) is 0 Å². The number of fused-ring (bicyclic) bond motifs is 2. The number of piperidine rings is 1. The fourth-order valence-corrected chi connectivity index (χ4v) is 5.22. The van der Waals surface area contributed by atoms with Crippen LogP contribution in [0.3, 0.4) is 0 Å². The third-order valence-corrected chi connectivity index (χ3v) is 6.95. The van der Waals surface area contributed by atoms with Gasteiger partial charge in [0.25, 0.3) is 5.56 Å². The molecule has 1 N–H and O–H groups in total. The van der Waals surface area contributed by atoms with E-state index in [1.807, 2.05) is 35.6 Å². The Morgan fingerprint density at radius 3 is 2.57 bits per heavy atom. The minimum Gasteiger partial charge on any atom is -0.363 e. The van der Waals surface area contributed by atoms with Crippen molar-refractivity contribution in [3.8, 4) is 0 Å². The summed E-state index contributed by atoms with van der Waals surface area (Å²) in [5, 5.41) is 11.3. The second kappa shape index (κ2) is 6.95. The quantitative estimate of drug-likeness (QED) is 0.568. The van der Waals surface area contributed by atoms with Gasteiger partial charge in [-0.15, -0.1) is 11.3 Å². The molecule has 0 atom stereocenters. The van der Waals surface area contributed by atoms with Gasteiger partial charge in [-0.05, 0) is 36.4 Å². The van der Waals surface area contributed by atoms with Crippen molar-refractivity contribution in [2.75, 3.05) is 29.9 Å². The van der Waals surface area contributed by atoms with Crippen LogP contribution in [0.2, 0.25) is 0 Å². The van der Waals surface area contributed by atoms with Crippen LogP contribution in [0.25, 0.3) is 20.9 Å². The molecule has 1 fully saturated rings. The summed E-state index contributed by atoms with van der Waals surface area (Å²) >= 11 is 1.86. The maximum Gasteiger partial charge on any atom is 0.272 e. The highest BCUT2D eigenvalue weighted by Crippen LogP contribution is 2.35. The van der Waals surface area contributed by atoms with Gasteiger partial charge in [0.05, 0.1) is 10.4 Å². The number of H-pyrrole nitrogens is 1. The number of rotatable bonds is 3. The van der Waals surface area contributed by atoms with E-state index in [0.717, 1.165) is 37.1 Å². The lowest BCUT2D eigenvalue weighted by molar-refractivity contribution is 0.481. The topological polar surface area (TPSA) is 52.2 Å². The van der Waals surface area contributed by atoms with E-state index in [1.54, 1.807) is 0 Å². The van der Waals surface area contributed by atoms with E-state index in [0.29, 0.717) is 11.4 Å². The molecule has 4 aromatic rings. The third-order valence-electron chi connectivity index (χ3n) is 5.75. The van der Waals surface area contributed by atoms with Gasteiger partial charge in [0.2, 0.25) is 0 Å². The van der Waals surface area contributed by atoms with Crippen LogP contribution in [-0.2, 0) is 0 Å². The maximum absolute atomic E-state index is 12.0. The van der Waals surface area contributed by atoms with Crippen LogP contribution in [0.1, 0.15) is 12.8 Å². The van der Waals surface area contributed by atoms with Crippen LogP contribution < -0.4 is 15.4 Å². The predicted octanol–water partition coefficient (Wildman–Crippen LogP) is 4.24. The molecule has 0 unspecified atom stereocenters. The fourth-order valence-electron chi connectivity index (χ4n) is 4.13. The van der Waals surface area contributed by atoms with E-state index in [1.165, 1.54) is 15.1 Å². The summed E-state index contributed by atoms with van der Waals surface area (Å²) in [5.41, 5.74) is -0.126. The molecule has 5 nitrogen and oxygen atoms in total. The number of anilines is 2. The molecular formula is C22H22N4OS. The van der Waals surface area contributed by atoms with Crippen LogP contribution in [0.15, 0.2) is 59.4 Å². The smallest absolute Gasteiger partial charge is 0.272 e. The number of aromatic amines is 1. The average Bonchev–Trinajstić information content (AvgIpc) is 3.18. The molecule has 0 bridgehead atoms. The number of hydrogen-bond acceptors (Lipinski definition) is 5. The van der Waals surface area contributed by atoms with Gasteiger partial charge >= 0.3 is 0 Å². The van der Waals surface area contributed by atoms with Crippen LogP contribution >= 0.6 is 11.3 Å². The molecule has 1 aliphatic rings. The predicted molar refractivity (Wildman–Crippen MR) is 118 cm³/mol. The highest BCUT2D eigenvalue weighted by atomic mass is 32.1. The van der Waals surface area contributed by atoms with Gasteiger partial charge in [0.1, 0.15) is 0 Å². The number of nitrogens with zero attached hydrogens (tertiary/aromatic N) is 3. The van der Waals surface area contributed by atoms with Crippen molar-refractivity contribution in [1.29, 1.82) is 0 Å². The van der Waals surface area contributed by atoms with Gasteiger partial charge in [-0.25, -0.2) is 5.10 Å². The van der Waals surface area contributed by atoms with Gasteiger partial charge in [0.15, 0.2) is 5.82 Å². The number of aromatic nitrogens is 2. The molecule has 3 heterocycles. The molecule has 0 aliphatic carbocycles. The Hall–Kier alpha value is -2.86. The van der Waals surface area contributed by atoms with Crippen molar-refractivity contribution >= 4 is 43.0 Å². The molecule has 0 saturated carbocycles. The lowest BCUT2D eigenvalue weighted by atomic mass is 10.0. The second-order valence-corrected chi connectivity index (χ2v) is 8.44. The molecule has 6 heteroatoms. The number of benzene rings is 2. The monoisotopic (exact) mass is 390 g/mol. The summed E-state index contributed by atoms with van der Waals surface area (Å²) in [6.45, 7) is 1.87. The largest absolute Gasteiger partial charge is 0.363 e. The van der Waals surface area contributed by atoms with Crippen molar-refractivity contribution in [1.82, 2.24) is 10.2 Å². The molecular weight excluding hydrogens is 368 g/mol. The van der Waals surface area contributed by atoms with E-state index in [-0.39, 0.29) is 5.56 Å². The molecule has 1 saturated heterocycles. The average molecular weight is 391 g/mol. The highest BCUT2D eigenvalue weighted by Gasteiger charge is 2.25. The van der Waals surface area contributed by atoms with E-state index in [4.69, 9.17) is 0 Å². The maximum atomic E-state index is 12.0. The SMILES string of the molecule is CN(c1cc2ccccc2s1)C1CCN(c2n[nH]c(=O)c3ccccc23)CC1. The lowest BCUT2D eigenvalue weighted by Gasteiger charge is -2.37. The molecule has 28 heavy (non-hydrogen) atoms. The van der Waals surface area contributed by atoms with Gasteiger partial charge in [0, 0.05) is 36.3 Å². The molecule has 0 spiro atoms. The Bertz CT molecular complexity index is 1160. The van der Waals surface area contributed by atoms with E-state index < -0.39 is 0 Å². The van der Waals surface area contributed by atoms with E-state index in [2.05, 4.69) is 57.4 Å². The molecule has 142 valence electrons. The van der Waals surface area contributed by atoms with Crippen LogP contribution in [0.5, 0.6) is 0 Å². The van der Waals surface area contributed by atoms with Crippen LogP contribution in [-0.4, -0.2) is 36.4 Å². The van der Waals surface area contributed by atoms with Gasteiger partial charge in [-0.3, -0.25) is 4.79 Å². The third kappa shape index (κ3) is 2.94. The zero-order chi connectivity index (χ0) is 19.1. The summed E-state index contributed by atoms with van der Waals surface area (Å²) in [5.74, 6) is 0.887. The number of thiophene rings is 1. The normalized spacial score (nSPS) is 15.4. The van der Waals surface area contributed by atoms with Crippen molar-refractivity contribution in [2.24, 2.45) is 0 Å². The molecule has 1 aliphatic heterocycles. The van der Waals surface area contributed by atoms with Gasteiger partial charge in [-0.2, -0.15) is 5.10 Å². The molecule has 2 aromatic heterocycles. The van der Waals surface area contributed by atoms with E-state index >= 15 is 0 Å². The zero-order valence-electron chi connectivity index (χ0n) is 15.8. The lowest BCUT2D eigenvalue weighted by Crippen LogP contribution is -2.43. The van der Waals surface area contributed by atoms with Gasteiger partial charge in [-0.1, -0.05) is 36.4 Å². The highest BCUT2D eigenvalue weighted by molar-refractivity contribution is 7.22. The van der Waals surface area contributed by atoms with E-state index in [9.17, 15) is 4.79 Å². The molecule has 0 amide bonds. The van der Waals surface area contributed by atoms with Crippen molar-refractivity contribution in [3.05, 3.63) is 65.0 Å². The van der Waals surface area contributed by atoms with Crippen molar-refractivity contribution in [2.45, 2.75) is 18.9 Å². The first-order chi connectivity index (χ1) is 13.7. The Morgan fingerprint density at radius 1 is 1.07 bits per heavy atom. The zero-order valence-corrected chi connectivity index (χ0v) is 16.6. The Labute approximate surface area is 167 Å². The van der Waals surface area contributed by atoms with Crippen molar-refractivity contribution < 1.29 is 0 Å². The minimum atomic E-state index is -0.126. The van der Waals surface area contributed by atoms with Gasteiger partial charge < -0.3 is 9.80 Å². The Balaban J connectivity index is 1.35. The minimum absolute atomic E-state index is 0.126. The van der Waals surface area contributed by atoms with Crippen molar-refractivity contribution in [3.63, 3.8) is 0 Å². The number of nitrogens with one attached hydrogen (secondary N) is 1. The standard InChI is InChI=1S/C22H22N4OS/c1-25(20-14-15-6-2-5-9-19(15)28-20)16-10-12-26(13-11-16)21-17-7-3-4-8-18(17)22(27)24-23-21/h2-9,14,16H,10-13H2,1H3,(H,24,27). The summed E-state index contributed by atoms with van der Waals surface area (Å²) in [4.78, 5) is 16.8. The summed E-state index contributed by atoms with van der Waals surface area (Å²) < 4.78 is 1.34. The summed E-state index contributed by atoms with van der Waals surface area (Å²) in [6, 6.07) is 19.1. The molecule has 0 radical (unpaired) electrons. The second-order valence-electron chi connectivity index (χ2n) is 7.37.